The summed E-state index contributed by atoms with van der Waals surface area (Å²) in [5.74, 6) is 1.11. The number of amides is 1. The van der Waals surface area contributed by atoms with Gasteiger partial charge in [-0.15, -0.1) is 0 Å². The molecule has 2 aromatic carbocycles. The van der Waals surface area contributed by atoms with Crippen LogP contribution in [0, 0.1) is 12.8 Å². The Kier molecular flexibility index (Phi) is 5.63. The van der Waals surface area contributed by atoms with Crippen molar-refractivity contribution < 1.29 is 4.79 Å². The third-order valence-electron chi connectivity index (χ3n) is 5.76. The fraction of sp³-hybridized carbons (Fsp3) is 0.333. The zero-order chi connectivity index (χ0) is 19.5. The van der Waals surface area contributed by atoms with Crippen LogP contribution in [0.15, 0.2) is 54.6 Å². The second kappa shape index (κ2) is 8.32. The molecule has 1 fully saturated rings. The normalized spacial score (nSPS) is 19.5. The van der Waals surface area contributed by atoms with Crippen LogP contribution >= 0.6 is 11.6 Å². The van der Waals surface area contributed by atoms with Gasteiger partial charge in [-0.05, 0) is 86.4 Å². The van der Waals surface area contributed by atoms with Crippen molar-refractivity contribution in [3.63, 3.8) is 0 Å². The van der Waals surface area contributed by atoms with Gasteiger partial charge in [-0.2, -0.15) is 0 Å². The van der Waals surface area contributed by atoms with Crippen LogP contribution in [0.2, 0.25) is 5.02 Å². The van der Waals surface area contributed by atoms with E-state index in [1.807, 2.05) is 12.1 Å². The Bertz CT molecular complexity index is 976. The molecule has 1 amide bonds. The van der Waals surface area contributed by atoms with E-state index in [0.717, 1.165) is 42.6 Å². The van der Waals surface area contributed by atoms with Crippen molar-refractivity contribution in [2.24, 2.45) is 5.92 Å². The summed E-state index contributed by atoms with van der Waals surface area (Å²) in [4.78, 5) is 17.1. The average Bonchev–Trinajstić information content (AvgIpc) is 2.70. The van der Waals surface area contributed by atoms with Crippen LogP contribution in [0.4, 0.5) is 5.69 Å². The van der Waals surface area contributed by atoms with Crippen molar-refractivity contribution in [1.29, 1.82) is 0 Å². The second-order valence-electron chi connectivity index (χ2n) is 7.85. The Morgan fingerprint density at radius 1 is 1.07 bits per heavy atom. The molecule has 1 aromatic heterocycles. The van der Waals surface area contributed by atoms with Crippen LogP contribution in [-0.2, 0) is 4.79 Å². The number of hydrogen-bond donors (Lipinski definition) is 1. The highest BCUT2D eigenvalue weighted by atomic mass is 35.5. The molecule has 0 spiro atoms. The predicted octanol–water partition coefficient (Wildman–Crippen LogP) is 6.50. The van der Waals surface area contributed by atoms with Gasteiger partial charge in [0.25, 0.3) is 0 Å². The molecule has 4 heteroatoms. The molecule has 1 aliphatic rings. The van der Waals surface area contributed by atoms with E-state index in [1.54, 1.807) is 12.1 Å². The summed E-state index contributed by atoms with van der Waals surface area (Å²) < 4.78 is 0. The summed E-state index contributed by atoms with van der Waals surface area (Å²) >= 11 is 5.90. The Labute approximate surface area is 171 Å². The highest BCUT2D eigenvalue weighted by Crippen LogP contribution is 2.39. The summed E-state index contributed by atoms with van der Waals surface area (Å²) in [5.41, 5.74) is 4.40. The van der Waals surface area contributed by atoms with Gasteiger partial charge in [-0.25, -0.2) is 0 Å². The van der Waals surface area contributed by atoms with Crippen LogP contribution < -0.4 is 5.32 Å². The van der Waals surface area contributed by atoms with Gasteiger partial charge in [0.05, 0.1) is 5.52 Å². The molecule has 4 rings (SSSR count). The van der Waals surface area contributed by atoms with Gasteiger partial charge in [-0.1, -0.05) is 29.8 Å². The van der Waals surface area contributed by atoms with E-state index in [9.17, 15) is 4.79 Å². The van der Waals surface area contributed by atoms with Crippen molar-refractivity contribution >= 4 is 34.1 Å². The van der Waals surface area contributed by atoms with Gasteiger partial charge < -0.3 is 5.32 Å². The van der Waals surface area contributed by atoms with E-state index in [-0.39, 0.29) is 5.91 Å². The smallest absolute Gasteiger partial charge is 0.224 e. The largest absolute Gasteiger partial charge is 0.326 e. The lowest BCUT2D eigenvalue weighted by atomic mass is 9.76. The molecule has 1 heterocycles. The number of aryl methyl sites for hydroxylation is 1. The quantitative estimate of drug-likeness (QED) is 0.550. The Balaban J connectivity index is 1.37. The average molecular weight is 393 g/mol. The number of rotatable bonds is 4. The minimum Gasteiger partial charge on any atom is -0.326 e. The number of para-hydroxylation sites is 1. The van der Waals surface area contributed by atoms with E-state index < -0.39 is 0 Å². The number of hydrogen-bond acceptors (Lipinski definition) is 2. The first kappa shape index (κ1) is 18.9. The van der Waals surface area contributed by atoms with E-state index in [4.69, 9.17) is 11.6 Å². The first-order valence-electron chi connectivity index (χ1n) is 10.00. The second-order valence-corrected chi connectivity index (χ2v) is 8.28. The van der Waals surface area contributed by atoms with Gasteiger partial charge in [0.2, 0.25) is 5.91 Å². The van der Waals surface area contributed by atoms with Crippen molar-refractivity contribution in [3.8, 4) is 0 Å². The SMILES string of the molecule is Cc1cc([C@H]2CC[C@@H](CC(=O)Nc3ccc(Cl)cc3)CC2)c2ccccc2n1. The fourth-order valence-corrected chi connectivity index (χ4v) is 4.49. The van der Waals surface area contributed by atoms with E-state index in [0.29, 0.717) is 23.3 Å². The predicted molar refractivity (Wildman–Crippen MR) is 116 cm³/mol. The number of nitrogens with one attached hydrogen (secondary N) is 1. The highest BCUT2D eigenvalue weighted by Gasteiger charge is 2.25. The lowest BCUT2D eigenvalue weighted by Crippen LogP contribution is -2.20. The summed E-state index contributed by atoms with van der Waals surface area (Å²) in [7, 11) is 0. The summed E-state index contributed by atoms with van der Waals surface area (Å²) in [6, 6.07) is 17.9. The number of halogens is 1. The standard InChI is InChI=1S/C24H25ClN2O/c1-16-14-22(21-4-2-3-5-23(21)26-16)18-8-6-17(7-9-18)15-24(28)27-20-12-10-19(25)11-13-20/h2-5,10-14,17-18H,6-9,15H2,1H3,(H,27,28)/t17-,18+. The van der Waals surface area contributed by atoms with Gasteiger partial charge in [0, 0.05) is 28.2 Å². The van der Waals surface area contributed by atoms with Crippen LogP contribution in [0.3, 0.4) is 0 Å². The number of fused-ring (bicyclic) bond motifs is 1. The number of carbonyl (C=O) groups excluding carboxylic acids is 1. The minimum atomic E-state index is 0.0935. The third kappa shape index (κ3) is 4.36. The van der Waals surface area contributed by atoms with Crippen molar-refractivity contribution in [2.75, 3.05) is 5.32 Å². The lowest BCUT2D eigenvalue weighted by Gasteiger charge is -2.29. The molecule has 0 aliphatic heterocycles. The molecule has 0 atom stereocenters. The maximum Gasteiger partial charge on any atom is 0.224 e. The Hall–Kier alpha value is -2.39. The molecule has 0 unspecified atom stereocenters. The van der Waals surface area contributed by atoms with Gasteiger partial charge in [0.15, 0.2) is 0 Å². The third-order valence-corrected chi connectivity index (χ3v) is 6.02. The van der Waals surface area contributed by atoms with Crippen LogP contribution in [0.25, 0.3) is 10.9 Å². The fourth-order valence-electron chi connectivity index (χ4n) is 4.36. The van der Waals surface area contributed by atoms with Crippen LogP contribution in [0.1, 0.15) is 49.3 Å². The number of benzene rings is 2. The van der Waals surface area contributed by atoms with Crippen LogP contribution in [0.5, 0.6) is 0 Å². The summed E-state index contributed by atoms with van der Waals surface area (Å²) in [5, 5.41) is 4.94. The molecule has 0 radical (unpaired) electrons. The van der Waals surface area contributed by atoms with E-state index in [2.05, 4.69) is 47.6 Å². The number of aromatic nitrogens is 1. The maximum absolute atomic E-state index is 12.4. The van der Waals surface area contributed by atoms with E-state index >= 15 is 0 Å². The first-order chi connectivity index (χ1) is 13.6. The van der Waals surface area contributed by atoms with Crippen molar-refractivity contribution in [1.82, 2.24) is 4.98 Å². The van der Waals surface area contributed by atoms with Crippen LogP contribution in [-0.4, -0.2) is 10.9 Å². The molecule has 3 aromatic rings. The molecule has 1 saturated carbocycles. The zero-order valence-corrected chi connectivity index (χ0v) is 16.9. The van der Waals surface area contributed by atoms with Crippen molar-refractivity contribution in [3.05, 3.63) is 70.9 Å². The molecule has 0 bridgehead atoms. The van der Waals surface area contributed by atoms with Crippen molar-refractivity contribution in [2.45, 2.75) is 44.9 Å². The monoisotopic (exact) mass is 392 g/mol. The molecule has 1 aliphatic carbocycles. The number of anilines is 1. The summed E-state index contributed by atoms with van der Waals surface area (Å²) in [6.07, 6.45) is 5.03. The molecular weight excluding hydrogens is 368 g/mol. The number of nitrogens with zero attached hydrogens (tertiary/aromatic N) is 1. The molecular formula is C24H25ClN2O. The Morgan fingerprint density at radius 3 is 2.54 bits per heavy atom. The first-order valence-corrected chi connectivity index (χ1v) is 10.4. The lowest BCUT2D eigenvalue weighted by molar-refractivity contribution is -0.117. The Morgan fingerprint density at radius 2 is 1.79 bits per heavy atom. The topological polar surface area (TPSA) is 42.0 Å². The molecule has 3 nitrogen and oxygen atoms in total. The maximum atomic E-state index is 12.4. The number of carbonyl (C=O) groups is 1. The molecule has 28 heavy (non-hydrogen) atoms. The van der Waals surface area contributed by atoms with Gasteiger partial charge in [0.1, 0.15) is 0 Å². The molecule has 1 N–H and O–H groups in total. The summed E-state index contributed by atoms with van der Waals surface area (Å²) in [6.45, 7) is 2.07. The van der Waals surface area contributed by atoms with Gasteiger partial charge >= 0.3 is 0 Å². The zero-order valence-electron chi connectivity index (χ0n) is 16.1. The highest BCUT2D eigenvalue weighted by molar-refractivity contribution is 6.30. The molecule has 144 valence electrons. The van der Waals surface area contributed by atoms with Gasteiger partial charge in [-0.3, -0.25) is 9.78 Å². The van der Waals surface area contributed by atoms with E-state index in [1.165, 1.54) is 10.9 Å². The minimum absolute atomic E-state index is 0.0935. The number of pyridine rings is 1. The molecule has 0 saturated heterocycles.